The summed E-state index contributed by atoms with van der Waals surface area (Å²) < 4.78 is 5.24. The average Bonchev–Trinajstić information content (AvgIpc) is 3.14. The monoisotopic (exact) mass is 347 g/mol. The molecule has 2 aromatic carbocycles. The maximum Gasteiger partial charge on any atom is 0.251 e. The molecule has 5 heteroatoms. The van der Waals surface area contributed by atoms with Crippen molar-refractivity contribution in [3.8, 4) is 0 Å². The van der Waals surface area contributed by atoms with Crippen LogP contribution in [0.15, 0.2) is 53.1 Å². The van der Waals surface area contributed by atoms with Crippen LogP contribution < -0.4 is 5.32 Å². The van der Waals surface area contributed by atoms with Gasteiger partial charge in [-0.25, -0.2) is 0 Å². The highest BCUT2D eigenvalue weighted by Gasteiger charge is 2.14. The van der Waals surface area contributed by atoms with Crippen LogP contribution in [-0.4, -0.2) is 16.0 Å². The van der Waals surface area contributed by atoms with E-state index in [1.54, 1.807) is 0 Å². The Kier molecular flexibility index (Phi) is 4.78. The fourth-order valence-corrected chi connectivity index (χ4v) is 3.34. The molecule has 1 amide bonds. The van der Waals surface area contributed by atoms with Gasteiger partial charge in [-0.05, 0) is 54.5 Å². The Hall–Kier alpha value is -2.95. The number of fused-ring (bicyclic) bond motifs is 1. The van der Waals surface area contributed by atoms with Crippen molar-refractivity contribution < 1.29 is 9.32 Å². The van der Waals surface area contributed by atoms with Crippen LogP contribution in [0.2, 0.25) is 0 Å². The fourth-order valence-electron chi connectivity index (χ4n) is 3.34. The predicted octanol–water partition coefficient (Wildman–Crippen LogP) is 3.47. The van der Waals surface area contributed by atoms with Crippen molar-refractivity contribution in [2.24, 2.45) is 0 Å². The lowest BCUT2D eigenvalue weighted by Crippen LogP contribution is -2.23. The van der Waals surface area contributed by atoms with Crippen molar-refractivity contribution >= 4 is 5.91 Å². The summed E-state index contributed by atoms with van der Waals surface area (Å²) in [5, 5.41) is 6.85. The van der Waals surface area contributed by atoms with Gasteiger partial charge in [0.05, 0.1) is 6.54 Å². The molecule has 0 saturated heterocycles. The van der Waals surface area contributed by atoms with Gasteiger partial charge in [-0.1, -0.05) is 41.6 Å². The largest absolute Gasteiger partial charge is 0.343 e. The van der Waals surface area contributed by atoms with Gasteiger partial charge in [0.25, 0.3) is 5.91 Å². The molecule has 0 saturated carbocycles. The number of amides is 1. The number of hydrogen-bond donors (Lipinski definition) is 1. The first kappa shape index (κ1) is 16.5. The van der Waals surface area contributed by atoms with E-state index in [-0.39, 0.29) is 12.5 Å². The zero-order chi connectivity index (χ0) is 17.8. The molecule has 0 spiro atoms. The summed E-state index contributed by atoms with van der Waals surface area (Å²) in [5.74, 6) is 0.928. The number of aromatic nitrogens is 2. The summed E-state index contributed by atoms with van der Waals surface area (Å²) in [6, 6.07) is 16.0. The quantitative estimate of drug-likeness (QED) is 0.767. The molecule has 1 aliphatic rings. The van der Waals surface area contributed by atoms with Crippen LogP contribution in [0.4, 0.5) is 0 Å². The second-order valence-electron chi connectivity index (χ2n) is 6.64. The molecular weight excluding hydrogens is 326 g/mol. The zero-order valence-electron chi connectivity index (χ0n) is 14.6. The Morgan fingerprint density at radius 2 is 1.85 bits per heavy atom. The van der Waals surface area contributed by atoms with Crippen LogP contribution in [0, 0.1) is 0 Å². The summed E-state index contributed by atoms with van der Waals surface area (Å²) in [4.78, 5) is 16.7. The number of nitrogens with zero attached hydrogens (tertiary/aromatic N) is 2. The number of hydrogen-bond acceptors (Lipinski definition) is 4. The van der Waals surface area contributed by atoms with E-state index in [2.05, 4.69) is 21.5 Å². The van der Waals surface area contributed by atoms with Gasteiger partial charge in [0.1, 0.15) is 0 Å². The summed E-state index contributed by atoms with van der Waals surface area (Å²) in [6.07, 6.45) is 5.22. The standard InChI is InChI=1S/C21H21N3O2/c25-21(18-11-10-16-8-4-5-9-17(16)13-18)22-14-20-23-19(24-26-20)12-15-6-2-1-3-7-15/h1-3,6-7,10-11,13H,4-5,8-9,12,14H2,(H,22,25). The summed E-state index contributed by atoms with van der Waals surface area (Å²) in [5.41, 5.74) is 4.48. The Morgan fingerprint density at radius 3 is 2.69 bits per heavy atom. The number of benzene rings is 2. The first-order chi connectivity index (χ1) is 12.8. The Bertz CT molecular complexity index is 903. The van der Waals surface area contributed by atoms with E-state index < -0.39 is 0 Å². The molecule has 4 rings (SSSR count). The van der Waals surface area contributed by atoms with Crippen molar-refractivity contribution in [2.75, 3.05) is 0 Å². The van der Waals surface area contributed by atoms with E-state index in [9.17, 15) is 4.79 Å². The second kappa shape index (κ2) is 7.52. The normalized spacial score (nSPS) is 13.2. The van der Waals surface area contributed by atoms with Crippen molar-refractivity contribution in [1.82, 2.24) is 15.5 Å². The number of aryl methyl sites for hydroxylation is 2. The van der Waals surface area contributed by atoms with Gasteiger partial charge >= 0.3 is 0 Å². The van der Waals surface area contributed by atoms with Gasteiger partial charge in [-0.2, -0.15) is 4.98 Å². The van der Waals surface area contributed by atoms with E-state index >= 15 is 0 Å². The number of rotatable bonds is 5. The first-order valence-electron chi connectivity index (χ1n) is 9.03. The van der Waals surface area contributed by atoms with Crippen LogP contribution in [0.1, 0.15) is 51.6 Å². The van der Waals surface area contributed by atoms with Crippen LogP contribution >= 0.6 is 0 Å². The van der Waals surface area contributed by atoms with Crippen LogP contribution in [0.3, 0.4) is 0 Å². The van der Waals surface area contributed by atoms with Crippen molar-refractivity contribution in [3.63, 3.8) is 0 Å². The molecule has 26 heavy (non-hydrogen) atoms. The van der Waals surface area contributed by atoms with Crippen LogP contribution in [-0.2, 0) is 25.8 Å². The third-order valence-electron chi connectivity index (χ3n) is 4.73. The Labute approximate surface area is 152 Å². The highest BCUT2D eigenvalue weighted by Crippen LogP contribution is 2.22. The first-order valence-corrected chi connectivity index (χ1v) is 9.03. The minimum absolute atomic E-state index is 0.110. The summed E-state index contributed by atoms with van der Waals surface area (Å²) in [6.45, 7) is 0.234. The molecule has 1 aromatic heterocycles. The second-order valence-corrected chi connectivity index (χ2v) is 6.64. The van der Waals surface area contributed by atoms with Crippen molar-refractivity contribution in [2.45, 2.75) is 38.6 Å². The van der Waals surface area contributed by atoms with Gasteiger partial charge in [0.15, 0.2) is 5.82 Å². The number of carbonyl (C=O) groups is 1. The Balaban J connectivity index is 1.36. The number of nitrogens with one attached hydrogen (secondary N) is 1. The van der Waals surface area contributed by atoms with Gasteiger partial charge in [0.2, 0.25) is 5.89 Å². The smallest absolute Gasteiger partial charge is 0.251 e. The van der Waals surface area contributed by atoms with E-state index in [4.69, 9.17) is 4.52 Å². The van der Waals surface area contributed by atoms with E-state index in [0.29, 0.717) is 23.7 Å². The van der Waals surface area contributed by atoms with E-state index in [0.717, 1.165) is 18.4 Å². The average molecular weight is 347 g/mol. The lowest BCUT2D eigenvalue weighted by molar-refractivity contribution is 0.0946. The van der Waals surface area contributed by atoms with Crippen LogP contribution in [0.5, 0.6) is 0 Å². The molecule has 0 radical (unpaired) electrons. The summed E-state index contributed by atoms with van der Waals surface area (Å²) in [7, 11) is 0. The maximum atomic E-state index is 12.4. The molecule has 0 fully saturated rings. The molecule has 3 aromatic rings. The SMILES string of the molecule is O=C(NCc1nc(Cc2ccccc2)no1)c1ccc2c(c1)CCCC2. The van der Waals surface area contributed by atoms with Gasteiger partial charge in [-0.3, -0.25) is 4.79 Å². The highest BCUT2D eigenvalue weighted by atomic mass is 16.5. The summed E-state index contributed by atoms with van der Waals surface area (Å²) >= 11 is 0. The fraction of sp³-hybridized carbons (Fsp3) is 0.286. The zero-order valence-corrected chi connectivity index (χ0v) is 14.6. The van der Waals surface area contributed by atoms with E-state index in [1.165, 1.54) is 24.0 Å². The van der Waals surface area contributed by atoms with Gasteiger partial charge in [0, 0.05) is 12.0 Å². The minimum Gasteiger partial charge on any atom is -0.343 e. The Morgan fingerprint density at radius 1 is 1.04 bits per heavy atom. The van der Waals surface area contributed by atoms with Crippen LogP contribution in [0.25, 0.3) is 0 Å². The van der Waals surface area contributed by atoms with Crippen molar-refractivity contribution in [1.29, 1.82) is 0 Å². The van der Waals surface area contributed by atoms with Crippen molar-refractivity contribution in [3.05, 3.63) is 82.5 Å². The molecule has 1 aliphatic carbocycles. The molecular formula is C21H21N3O2. The van der Waals surface area contributed by atoms with Gasteiger partial charge in [-0.15, -0.1) is 0 Å². The molecule has 132 valence electrons. The molecule has 1 N–H and O–H groups in total. The molecule has 0 aliphatic heterocycles. The molecule has 0 unspecified atom stereocenters. The minimum atomic E-state index is -0.110. The number of carbonyl (C=O) groups excluding carboxylic acids is 1. The molecule has 1 heterocycles. The topological polar surface area (TPSA) is 68.0 Å². The third-order valence-corrected chi connectivity index (χ3v) is 4.73. The lowest BCUT2D eigenvalue weighted by atomic mass is 9.90. The molecule has 0 bridgehead atoms. The van der Waals surface area contributed by atoms with E-state index in [1.807, 2.05) is 42.5 Å². The predicted molar refractivity (Wildman–Crippen MR) is 97.8 cm³/mol. The molecule has 0 atom stereocenters. The maximum absolute atomic E-state index is 12.4. The lowest BCUT2D eigenvalue weighted by Gasteiger charge is -2.16. The molecule has 5 nitrogen and oxygen atoms in total. The third kappa shape index (κ3) is 3.82. The highest BCUT2D eigenvalue weighted by molar-refractivity contribution is 5.94. The van der Waals surface area contributed by atoms with Gasteiger partial charge < -0.3 is 9.84 Å².